The van der Waals surface area contributed by atoms with E-state index in [1.54, 1.807) is 27.8 Å². The van der Waals surface area contributed by atoms with Gasteiger partial charge in [-0.2, -0.15) is 13.2 Å². The van der Waals surface area contributed by atoms with E-state index in [1.165, 1.54) is 0 Å². The maximum atomic E-state index is 12.6. The topological polar surface area (TPSA) is 87.6 Å². The molecule has 1 rings (SSSR count). The Morgan fingerprint density at radius 3 is 2.52 bits per heavy atom. The number of nitrogens with one attached hydrogen (secondary N) is 3. The van der Waals surface area contributed by atoms with Crippen molar-refractivity contribution in [3.05, 3.63) is 16.1 Å². The number of nitrogens with zero attached hydrogens (tertiary/aromatic N) is 2. The van der Waals surface area contributed by atoms with Gasteiger partial charge in [-0.3, -0.25) is 4.99 Å². The lowest BCUT2D eigenvalue weighted by molar-refractivity contribution is -0.140. The number of alkyl halides is 3. The van der Waals surface area contributed by atoms with Gasteiger partial charge in [-0.1, -0.05) is 13.3 Å². The Bertz CT molecular complexity index is 671. The van der Waals surface area contributed by atoms with E-state index in [4.69, 9.17) is 4.74 Å². The van der Waals surface area contributed by atoms with E-state index in [-0.39, 0.29) is 6.04 Å². The minimum Gasteiger partial charge on any atom is -0.444 e. The van der Waals surface area contributed by atoms with Crippen LogP contribution in [-0.2, 0) is 17.3 Å². The second-order valence-electron chi connectivity index (χ2n) is 7.39. The Labute approximate surface area is 173 Å². The molecule has 0 aliphatic carbocycles. The van der Waals surface area contributed by atoms with Crippen LogP contribution in [0.1, 0.15) is 51.2 Å². The Balaban J connectivity index is 2.46. The molecule has 3 N–H and O–H groups in total. The average Bonchev–Trinajstić information content (AvgIpc) is 3.05. The number of carbonyl (C=O) groups excluding carboxylic acids is 1. The monoisotopic (exact) mass is 437 g/mol. The van der Waals surface area contributed by atoms with Crippen molar-refractivity contribution in [3.63, 3.8) is 0 Å². The Morgan fingerprint density at radius 1 is 1.31 bits per heavy atom. The summed E-state index contributed by atoms with van der Waals surface area (Å²) in [6.07, 6.45) is -2.93. The van der Waals surface area contributed by atoms with Crippen molar-refractivity contribution in [3.8, 4) is 0 Å². The van der Waals surface area contributed by atoms with Crippen LogP contribution in [0.5, 0.6) is 0 Å². The molecule has 0 radical (unpaired) electrons. The van der Waals surface area contributed by atoms with Gasteiger partial charge in [0, 0.05) is 38.0 Å². The molecule has 1 aromatic heterocycles. The molecule has 0 saturated carbocycles. The predicted molar refractivity (Wildman–Crippen MR) is 108 cm³/mol. The predicted octanol–water partition coefficient (Wildman–Crippen LogP) is 3.56. The molecule has 0 aromatic carbocycles. The van der Waals surface area contributed by atoms with E-state index < -0.39 is 23.6 Å². The minimum atomic E-state index is -4.42. The van der Waals surface area contributed by atoms with Crippen LogP contribution >= 0.6 is 11.3 Å². The summed E-state index contributed by atoms with van der Waals surface area (Å²) in [5.74, 6) is 0.490. The highest BCUT2D eigenvalue weighted by atomic mass is 32.1. The van der Waals surface area contributed by atoms with Crippen LogP contribution in [0.2, 0.25) is 0 Å². The zero-order valence-corrected chi connectivity index (χ0v) is 18.3. The standard InChI is InChI=1S/C18H30F3N5O2S/c1-6-7-12(25-16(27)28-17(2,3)4)10-24-15(22-5)23-9-8-14-26-13(11-29-14)18(19,20)21/h11-12H,6-10H2,1-5H3,(H,25,27)(H2,22,23,24). The number of ether oxygens (including phenoxy) is 1. The first kappa shape index (κ1) is 25.0. The third-order valence-electron chi connectivity index (χ3n) is 3.57. The molecule has 0 saturated heterocycles. The van der Waals surface area contributed by atoms with Gasteiger partial charge in [0.05, 0.1) is 5.01 Å². The first-order valence-electron chi connectivity index (χ1n) is 9.40. The highest BCUT2D eigenvalue weighted by Crippen LogP contribution is 2.29. The molecule has 1 unspecified atom stereocenters. The summed E-state index contributed by atoms with van der Waals surface area (Å²) >= 11 is 0.979. The van der Waals surface area contributed by atoms with Crippen LogP contribution < -0.4 is 16.0 Å². The van der Waals surface area contributed by atoms with Gasteiger partial charge in [0.25, 0.3) is 0 Å². The van der Waals surface area contributed by atoms with Crippen LogP contribution in [0, 0.1) is 0 Å². The van der Waals surface area contributed by atoms with Crippen molar-refractivity contribution >= 4 is 23.4 Å². The lowest BCUT2D eigenvalue weighted by Gasteiger charge is -2.24. The molecule has 1 amide bonds. The van der Waals surface area contributed by atoms with Crippen molar-refractivity contribution in [1.82, 2.24) is 20.9 Å². The van der Waals surface area contributed by atoms with Crippen LogP contribution in [0.3, 0.4) is 0 Å². The summed E-state index contributed by atoms with van der Waals surface area (Å²) < 4.78 is 43.0. The molecule has 166 valence electrons. The summed E-state index contributed by atoms with van der Waals surface area (Å²) in [4.78, 5) is 19.7. The average molecular weight is 438 g/mol. The third-order valence-corrected chi connectivity index (χ3v) is 4.48. The van der Waals surface area contributed by atoms with Crippen LogP contribution in [0.4, 0.5) is 18.0 Å². The van der Waals surface area contributed by atoms with Crippen LogP contribution in [0.25, 0.3) is 0 Å². The van der Waals surface area contributed by atoms with Gasteiger partial charge >= 0.3 is 12.3 Å². The fourth-order valence-electron chi connectivity index (χ4n) is 2.33. The number of thiazole rings is 1. The van der Waals surface area contributed by atoms with E-state index in [9.17, 15) is 18.0 Å². The SMILES string of the molecule is CCCC(CNC(=NC)NCCc1nc(C(F)(F)F)cs1)NC(=O)OC(C)(C)C. The Hall–Kier alpha value is -2.04. The van der Waals surface area contributed by atoms with E-state index in [0.29, 0.717) is 30.5 Å². The Kier molecular flexibility index (Phi) is 9.67. The normalized spacial score (nSPS) is 13.7. The van der Waals surface area contributed by atoms with Gasteiger partial charge in [0.1, 0.15) is 5.60 Å². The van der Waals surface area contributed by atoms with Gasteiger partial charge in [-0.05, 0) is 27.2 Å². The number of rotatable bonds is 8. The lowest BCUT2D eigenvalue weighted by atomic mass is 10.1. The first-order valence-corrected chi connectivity index (χ1v) is 10.3. The highest BCUT2D eigenvalue weighted by molar-refractivity contribution is 7.09. The molecule has 7 nitrogen and oxygen atoms in total. The molecule has 0 fully saturated rings. The van der Waals surface area contributed by atoms with E-state index >= 15 is 0 Å². The van der Waals surface area contributed by atoms with E-state index in [2.05, 4.69) is 25.9 Å². The van der Waals surface area contributed by atoms with E-state index in [1.807, 2.05) is 6.92 Å². The van der Waals surface area contributed by atoms with Crippen molar-refractivity contribution in [2.45, 2.75) is 64.8 Å². The second-order valence-corrected chi connectivity index (χ2v) is 8.33. The van der Waals surface area contributed by atoms with Gasteiger partial charge in [0.15, 0.2) is 11.7 Å². The van der Waals surface area contributed by atoms with Crippen LogP contribution in [0.15, 0.2) is 10.4 Å². The zero-order valence-electron chi connectivity index (χ0n) is 17.4. The van der Waals surface area contributed by atoms with Crippen molar-refractivity contribution in [2.75, 3.05) is 20.1 Å². The Morgan fingerprint density at radius 2 is 2.00 bits per heavy atom. The first-order chi connectivity index (χ1) is 13.4. The molecule has 0 spiro atoms. The van der Waals surface area contributed by atoms with Gasteiger partial charge in [-0.25, -0.2) is 9.78 Å². The number of guanidine groups is 1. The number of aliphatic imine (C=N–C) groups is 1. The molecule has 0 aliphatic rings. The maximum Gasteiger partial charge on any atom is 0.434 e. The molecule has 1 heterocycles. The number of alkyl carbamates (subject to hydrolysis) is 1. The smallest absolute Gasteiger partial charge is 0.434 e. The lowest BCUT2D eigenvalue weighted by Crippen LogP contribution is -2.48. The number of halogens is 3. The number of aromatic nitrogens is 1. The summed E-state index contributed by atoms with van der Waals surface area (Å²) in [5.41, 5.74) is -1.44. The summed E-state index contributed by atoms with van der Waals surface area (Å²) in [7, 11) is 1.59. The fourth-order valence-corrected chi connectivity index (χ4v) is 3.14. The molecule has 0 bridgehead atoms. The molecule has 0 aliphatic heterocycles. The second kappa shape index (κ2) is 11.2. The zero-order chi connectivity index (χ0) is 22.1. The van der Waals surface area contributed by atoms with Gasteiger partial charge in [-0.15, -0.1) is 11.3 Å². The number of amides is 1. The summed E-state index contributed by atoms with van der Waals surface area (Å²) in [6, 6.07) is -0.151. The maximum absolute atomic E-state index is 12.6. The van der Waals surface area contributed by atoms with Crippen molar-refractivity contribution in [1.29, 1.82) is 0 Å². The third kappa shape index (κ3) is 10.3. The molecular formula is C18H30F3N5O2S. The molecule has 1 aromatic rings. The minimum absolute atomic E-state index is 0.151. The molecule has 11 heteroatoms. The fraction of sp³-hybridized carbons (Fsp3) is 0.722. The van der Waals surface area contributed by atoms with Crippen molar-refractivity contribution < 1.29 is 22.7 Å². The van der Waals surface area contributed by atoms with Gasteiger partial charge < -0.3 is 20.7 Å². The summed E-state index contributed by atoms with van der Waals surface area (Å²) in [6.45, 7) is 8.22. The molecule has 1 atom stereocenters. The van der Waals surface area contributed by atoms with Crippen molar-refractivity contribution in [2.24, 2.45) is 4.99 Å². The highest BCUT2D eigenvalue weighted by Gasteiger charge is 2.33. The summed E-state index contributed by atoms with van der Waals surface area (Å²) in [5, 5.41) is 10.4. The van der Waals surface area contributed by atoms with Crippen LogP contribution in [-0.4, -0.2) is 48.8 Å². The quantitative estimate of drug-likeness (QED) is 0.428. The van der Waals surface area contributed by atoms with E-state index in [0.717, 1.165) is 29.6 Å². The molecular weight excluding hydrogens is 407 g/mol. The largest absolute Gasteiger partial charge is 0.444 e. The number of carbonyl (C=O) groups is 1. The van der Waals surface area contributed by atoms with Gasteiger partial charge in [0.2, 0.25) is 0 Å². The number of hydrogen-bond acceptors (Lipinski definition) is 5. The number of hydrogen-bond donors (Lipinski definition) is 3. The molecule has 29 heavy (non-hydrogen) atoms.